The van der Waals surface area contributed by atoms with Crippen molar-refractivity contribution in [2.45, 2.75) is 38.5 Å². The van der Waals surface area contributed by atoms with Gasteiger partial charge in [-0.05, 0) is 93.0 Å². The molecule has 58 heavy (non-hydrogen) atoms. The van der Waals surface area contributed by atoms with Crippen molar-refractivity contribution in [2.75, 3.05) is 4.90 Å². The molecule has 11 aromatic rings. The number of hydrogen-bond acceptors (Lipinski definition) is 4. The van der Waals surface area contributed by atoms with Gasteiger partial charge in [-0.2, -0.15) is 0 Å². The Kier molecular flexibility index (Phi) is 6.01. The molecule has 3 aromatic heterocycles. The Morgan fingerprint density at radius 1 is 0.362 bits per heavy atom. The fourth-order valence-corrected chi connectivity index (χ4v) is 10.7. The zero-order valence-electron chi connectivity index (χ0n) is 32.6. The smallest absolute Gasteiger partial charge is 0.149 e. The van der Waals surface area contributed by atoms with Crippen LogP contribution in [0.25, 0.3) is 88.1 Å². The van der Waals surface area contributed by atoms with Crippen LogP contribution in [0.2, 0.25) is 0 Å². The average Bonchev–Trinajstić information content (AvgIpc) is 4.02. The molecular formula is C54H37NO3. The lowest BCUT2D eigenvalue weighted by molar-refractivity contribution is 0.659. The molecule has 0 aliphatic heterocycles. The van der Waals surface area contributed by atoms with Gasteiger partial charge in [-0.1, -0.05) is 125 Å². The van der Waals surface area contributed by atoms with Gasteiger partial charge >= 0.3 is 0 Å². The lowest BCUT2D eigenvalue weighted by Crippen LogP contribution is -2.18. The van der Waals surface area contributed by atoms with Crippen molar-refractivity contribution in [3.8, 4) is 22.3 Å². The predicted molar refractivity (Wildman–Crippen MR) is 238 cm³/mol. The topological polar surface area (TPSA) is 42.7 Å². The molecule has 3 heterocycles. The van der Waals surface area contributed by atoms with Crippen LogP contribution in [0.15, 0.2) is 165 Å². The molecule has 0 unspecified atom stereocenters. The van der Waals surface area contributed by atoms with Crippen LogP contribution < -0.4 is 4.90 Å². The van der Waals surface area contributed by atoms with E-state index in [2.05, 4.69) is 160 Å². The summed E-state index contributed by atoms with van der Waals surface area (Å²) in [6, 6.07) is 54.7. The molecule has 0 fully saturated rings. The van der Waals surface area contributed by atoms with Crippen molar-refractivity contribution in [1.29, 1.82) is 0 Å². The minimum Gasteiger partial charge on any atom is -0.456 e. The van der Waals surface area contributed by atoms with Crippen LogP contribution in [-0.4, -0.2) is 0 Å². The van der Waals surface area contributed by atoms with Gasteiger partial charge in [-0.25, -0.2) is 0 Å². The molecule has 4 heteroatoms. The fourth-order valence-electron chi connectivity index (χ4n) is 10.7. The van der Waals surface area contributed by atoms with Gasteiger partial charge in [-0.3, -0.25) is 0 Å². The summed E-state index contributed by atoms with van der Waals surface area (Å²) in [5.41, 5.74) is 18.2. The molecule has 0 amide bonds. The molecule has 4 nitrogen and oxygen atoms in total. The maximum atomic E-state index is 7.01. The van der Waals surface area contributed by atoms with Crippen LogP contribution in [0, 0.1) is 0 Å². The normalized spacial score (nSPS) is 14.8. The lowest BCUT2D eigenvalue weighted by atomic mass is 9.82. The third-order valence-electron chi connectivity index (χ3n) is 13.5. The highest BCUT2D eigenvalue weighted by Gasteiger charge is 2.38. The number of furan rings is 3. The van der Waals surface area contributed by atoms with Gasteiger partial charge in [0.1, 0.15) is 33.5 Å². The molecule has 0 saturated carbocycles. The van der Waals surface area contributed by atoms with E-state index in [9.17, 15) is 0 Å². The van der Waals surface area contributed by atoms with Crippen LogP contribution in [0.4, 0.5) is 17.1 Å². The lowest BCUT2D eigenvalue weighted by Gasteiger charge is -2.30. The quantitative estimate of drug-likeness (QED) is 0.180. The van der Waals surface area contributed by atoms with E-state index >= 15 is 0 Å². The Balaban J connectivity index is 1.15. The van der Waals surface area contributed by atoms with Crippen LogP contribution in [0.1, 0.15) is 49.9 Å². The second-order valence-electron chi connectivity index (χ2n) is 17.2. The van der Waals surface area contributed by atoms with E-state index in [0.29, 0.717) is 0 Å². The molecule has 0 atom stereocenters. The Bertz CT molecular complexity index is 3480. The van der Waals surface area contributed by atoms with E-state index < -0.39 is 0 Å². The maximum Gasteiger partial charge on any atom is 0.149 e. The Morgan fingerprint density at radius 2 is 0.845 bits per heavy atom. The van der Waals surface area contributed by atoms with E-state index in [0.717, 1.165) is 82.9 Å². The van der Waals surface area contributed by atoms with E-state index in [1.165, 1.54) is 44.5 Å². The standard InChI is InChI=1S/C54H37NO3/c1-53(2)38-17-9-5-13-32(38)34-23-21-30(27-40(34)53)55(31-22-24-35-33-14-6-10-18-39(33)54(3,4)41(35)28-31)42-29-47-51(52-48(42)36-15-7-12-20-44(36)58-52)50-46(57-47)26-25-45-49(50)37-16-8-11-19-43(37)56-45/h5-29H,1-4H3. The SMILES string of the molecule is CC1(C)c2ccccc2-c2ccc(N(c3ccc4c(c3)C(C)(C)c3ccccc3-4)c3cc4oc5ccc6oc7ccccc7c6c5c4c4oc5ccccc5c34)cc21. The molecular weight excluding hydrogens is 711 g/mol. The largest absolute Gasteiger partial charge is 0.456 e. The summed E-state index contributed by atoms with van der Waals surface area (Å²) in [5.74, 6) is 0. The monoisotopic (exact) mass is 747 g/mol. The van der Waals surface area contributed by atoms with Gasteiger partial charge in [0.2, 0.25) is 0 Å². The van der Waals surface area contributed by atoms with Crippen LogP contribution in [0.3, 0.4) is 0 Å². The summed E-state index contributed by atoms with van der Waals surface area (Å²) in [4.78, 5) is 2.44. The molecule has 0 radical (unpaired) electrons. The molecule has 0 bridgehead atoms. The number of fused-ring (bicyclic) bond motifs is 17. The van der Waals surface area contributed by atoms with Gasteiger partial charge in [0.05, 0.1) is 16.5 Å². The minimum absolute atomic E-state index is 0.172. The Hall–Kier alpha value is -7.04. The van der Waals surface area contributed by atoms with Gasteiger partial charge in [0.15, 0.2) is 0 Å². The molecule has 0 N–H and O–H groups in total. The highest BCUT2D eigenvalue weighted by molar-refractivity contribution is 6.33. The Morgan fingerprint density at radius 3 is 1.47 bits per heavy atom. The zero-order valence-corrected chi connectivity index (χ0v) is 32.6. The summed E-state index contributed by atoms with van der Waals surface area (Å²) in [6.07, 6.45) is 0. The first-order valence-corrected chi connectivity index (χ1v) is 20.2. The first kappa shape index (κ1) is 32.1. The fraction of sp³-hybridized carbons (Fsp3) is 0.111. The highest BCUT2D eigenvalue weighted by atomic mass is 16.3. The zero-order chi connectivity index (χ0) is 38.7. The van der Waals surface area contributed by atoms with Crippen molar-refractivity contribution in [3.05, 3.63) is 174 Å². The van der Waals surface area contributed by atoms with Gasteiger partial charge in [0, 0.05) is 49.8 Å². The van der Waals surface area contributed by atoms with Crippen LogP contribution >= 0.6 is 0 Å². The van der Waals surface area contributed by atoms with Gasteiger partial charge < -0.3 is 18.2 Å². The maximum absolute atomic E-state index is 7.01. The van der Waals surface area contributed by atoms with Crippen molar-refractivity contribution in [2.24, 2.45) is 0 Å². The average molecular weight is 748 g/mol. The number of anilines is 3. The van der Waals surface area contributed by atoms with Crippen LogP contribution in [-0.2, 0) is 10.8 Å². The molecule has 8 aromatic carbocycles. The minimum atomic E-state index is -0.172. The van der Waals surface area contributed by atoms with Gasteiger partial charge in [0.25, 0.3) is 0 Å². The molecule has 0 spiro atoms. The van der Waals surface area contributed by atoms with E-state index in [-0.39, 0.29) is 10.8 Å². The first-order valence-electron chi connectivity index (χ1n) is 20.2. The molecule has 13 rings (SSSR count). The highest BCUT2D eigenvalue weighted by Crippen LogP contribution is 2.55. The van der Waals surface area contributed by atoms with E-state index in [1.54, 1.807) is 0 Å². The van der Waals surface area contributed by atoms with Crippen molar-refractivity contribution in [3.63, 3.8) is 0 Å². The number of para-hydroxylation sites is 2. The number of rotatable bonds is 3. The number of nitrogens with zero attached hydrogens (tertiary/aromatic N) is 1. The van der Waals surface area contributed by atoms with E-state index in [1.807, 2.05) is 24.3 Å². The summed E-state index contributed by atoms with van der Waals surface area (Å²) >= 11 is 0. The number of hydrogen-bond donors (Lipinski definition) is 0. The van der Waals surface area contributed by atoms with Crippen molar-refractivity contribution < 1.29 is 13.3 Å². The summed E-state index contributed by atoms with van der Waals surface area (Å²) in [5, 5.41) is 6.16. The second-order valence-corrected chi connectivity index (χ2v) is 17.2. The predicted octanol–water partition coefficient (Wildman–Crippen LogP) is 15.5. The van der Waals surface area contributed by atoms with Crippen LogP contribution in [0.5, 0.6) is 0 Å². The number of benzene rings is 8. The molecule has 276 valence electrons. The first-order chi connectivity index (χ1) is 28.3. The molecule has 2 aliphatic carbocycles. The van der Waals surface area contributed by atoms with E-state index in [4.69, 9.17) is 13.3 Å². The molecule has 0 saturated heterocycles. The van der Waals surface area contributed by atoms with Crippen molar-refractivity contribution >= 4 is 82.9 Å². The summed E-state index contributed by atoms with van der Waals surface area (Å²) < 4.78 is 20.3. The summed E-state index contributed by atoms with van der Waals surface area (Å²) in [6.45, 7) is 9.40. The van der Waals surface area contributed by atoms with Crippen molar-refractivity contribution in [1.82, 2.24) is 0 Å². The van der Waals surface area contributed by atoms with Gasteiger partial charge in [-0.15, -0.1) is 0 Å². The second kappa shape index (κ2) is 10.9. The third-order valence-corrected chi connectivity index (χ3v) is 13.5. The third kappa shape index (κ3) is 3.99. The summed E-state index contributed by atoms with van der Waals surface area (Å²) in [7, 11) is 0. The Labute approximate surface area is 334 Å². The molecule has 2 aliphatic rings.